The summed E-state index contributed by atoms with van der Waals surface area (Å²) in [5, 5.41) is 3.18. The molecule has 4 heteroatoms. The number of carbonyl (C=O) groups is 1. The smallest absolute Gasteiger partial charge is 0.223 e. The molecular formula is C18H26N2O2. The second kappa shape index (κ2) is 7.14. The number of amides is 1. The summed E-state index contributed by atoms with van der Waals surface area (Å²) in [6.07, 6.45) is 5.77. The molecule has 0 unspecified atom stereocenters. The quantitative estimate of drug-likeness (QED) is 0.878. The summed E-state index contributed by atoms with van der Waals surface area (Å²) in [7, 11) is 1.72. The van der Waals surface area contributed by atoms with Crippen LogP contribution in [0.2, 0.25) is 0 Å². The molecule has 1 aliphatic carbocycles. The summed E-state index contributed by atoms with van der Waals surface area (Å²) < 4.78 is 5.53. The number of carbonyl (C=O) groups excluding carboxylic acids is 1. The predicted octanol–water partition coefficient (Wildman–Crippen LogP) is 2.75. The van der Waals surface area contributed by atoms with Gasteiger partial charge >= 0.3 is 0 Å². The van der Waals surface area contributed by atoms with Gasteiger partial charge in [0.1, 0.15) is 5.75 Å². The van der Waals surface area contributed by atoms with E-state index in [0.29, 0.717) is 6.54 Å². The first-order valence-electron chi connectivity index (χ1n) is 8.44. The molecule has 1 aromatic carbocycles. The number of methoxy groups -OCH3 is 1. The van der Waals surface area contributed by atoms with Crippen molar-refractivity contribution in [2.45, 2.75) is 38.1 Å². The van der Waals surface area contributed by atoms with Gasteiger partial charge in [-0.1, -0.05) is 24.6 Å². The molecule has 1 atom stereocenters. The summed E-state index contributed by atoms with van der Waals surface area (Å²) in [6.45, 7) is 2.87. The summed E-state index contributed by atoms with van der Waals surface area (Å²) in [4.78, 5) is 14.6. The normalized spacial score (nSPS) is 20.4. The highest BCUT2D eigenvalue weighted by atomic mass is 16.5. The van der Waals surface area contributed by atoms with Crippen LogP contribution in [-0.4, -0.2) is 37.6 Å². The van der Waals surface area contributed by atoms with Crippen LogP contribution in [0.15, 0.2) is 24.3 Å². The SMILES string of the molecule is COc1ccccc1[C@@H](CNC(=O)C1CCC1)N1CCCC1. The van der Waals surface area contributed by atoms with E-state index in [4.69, 9.17) is 4.74 Å². The lowest BCUT2D eigenvalue weighted by molar-refractivity contribution is -0.127. The van der Waals surface area contributed by atoms with Crippen LogP contribution in [-0.2, 0) is 4.79 Å². The van der Waals surface area contributed by atoms with E-state index in [-0.39, 0.29) is 17.9 Å². The van der Waals surface area contributed by atoms with Gasteiger partial charge in [0, 0.05) is 18.0 Å². The van der Waals surface area contributed by atoms with Crippen LogP contribution in [0.4, 0.5) is 0 Å². The molecule has 4 nitrogen and oxygen atoms in total. The third kappa shape index (κ3) is 3.27. The van der Waals surface area contributed by atoms with Crippen molar-refractivity contribution in [1.29, 1.82) is 0 Å². The van der Waals surface area contributed by atoms with E-state index < -0.39 is 0 Å². The van der Waals surface area contributed by atoms with Gasteiger partial charge in [-0.05, 0) is 44.8 Å². The predicted molar refractivity (Wildman–Crippen MR) is 86.9 cm³/mol. The first-order chi connectivity index (χ1) is 10.8. The Bertz CT molecular complexity index is 508. The third-order valence-corrected chi connectivity index (χ3v) is 5.02. The lowest BCUT2D eigenvalue weighted by Crippen LogP contribution is -2.40. The number of nitrogens with one attached hydrogen (secondary N) is 1. The van der Waals surface area contributed by atoms with Crippen molar-refractivity contribution < 1.29 is 9.53 Å². The fraction of sp³-hybridized carbons (Fsp3) is 0.611. The number of likely N-dealkylation sites (tertiary alicyclic amines) is 1. The zero-order valence-electron chi connectivity index (χ0n) is 13.4. The van der Waals surface area contributed by atoms with E-state index in [9.17, 15) is 4.79 Å². The lowest BCUT2D eigenvalue weighted by atomic mass is 9.85. The molecule has 0 radical (unpaired) electrons. The lowest BCUT2D eigenvalue weighted by Gasteiger charge is -2.31. The summed E-state index contributed by atoms with van der Waals surface area (Å²) in [6, 6.07) is 8.39. The van der Waals surface area contributed by atoms with Gasteiger partial charge in [0.05, 0.1) is 13.2 Å². The van der Waals surface area contributed by atoms with E-state index in [1.54, 1.807) is 7.11 Å². The average molecular weight is 302 g/mol. The van der Waals surface area contributed by atoms with Crippen molar-refractivity contribution in [2.24, 2.45) is 5.92 Å². The zero-order valence-corrected chi connectivity index (χ0v) is 13.4. The third-order valence-electron chi connectivity index (χ3n) is 5.02. The number of rotatable bonds is 6. The highest BCUT2D eigenvalue weighted by Gasteiger charge is 2.29. The maximum atomic E-state index is 12.2. The molecule has 2 aliphatic rings. The topological polar surface area (TPSA) is 41.6 Å². The van der Waals surface area contributed by atoms with Crippen molar-refractivity contribution in [3.05, 3.63) is 29.8 Å². The maximum Gasteiger partial charge on any atom is 0.223 e. The number of hydrogen-bond donors (Lipinski definition) is 1. The van der Waals surface area contributed by atoms with Crippen molar-refractivity contribution >= 4 is 5.91 Å². The molecule has 0 aromatic heterocycles. The maximum absolute atomic E-state index is 12.2. The Labute approximate surface area is 132 Å². The van der Waals surface area contributed by atoms with Crippen LogP contribution in [0, 0.1) is 5.92 Å². The molecule has 120 valence electrons. The first kappa shape index (κ1) is 15.3. The zero-order chi connectivity index (χ0) is 15.4. The number of ether oxygens (including phenoxy) is 1. The standard InChI is InChI=1S/C18H26N2O2/c1-22-17-10-3-2-9-15(17)16(20-11-4-5-12-20)13-19-18(21)14-7-6-8-14/h2-3,9-10,14,16H,4-8,11-13H2,1H3,(H,19,21)/t16-/m1/s1. The highest BCUT2D eigenvalue weighted by molar-refractivity contribution is 5.79. The van der Waals surface area contributed by atoms with E-state index in [0.717, 1.165) is 31.7 Å². The van der Waals surface area contributed by atoms with E-state index >= 15 is 0 Å². The van der Waals surface area contributed by atoms with E-state index in [2.05, 4.69) is 22.3 Å². The molecule has 3 rings (SSSR count). The van der Waals surface area contributed by atoms with Crippen LogP contribution in [0.3, 0.4) is 0 Å². The first-order valence-corrected chi connectivity index (χ1v) is 8.44. The number of hydrogen-bond acceptors (Lipinski definition) is 3. The number of nitrogens with zero attached hydrogens (tertiary/aromatic N) is 1. The van der Waals surface area contributed by atoms with E-state index in [1.165, 1.54) is 24.8 Å². The van der Waals surface area contributed by atoms with Gasteiger partial charge in [-0.3, -0.25) is 9.69 Å². The van der Waals surface area contributed by atoms with Gasteiger partial charge in [-0.25, -0.2) is 0 Å². The molecule has 22 heavy (non-hydrogen) atoms. The van der Waals surface area contributed by atoms with Gasteiger partial charge in [0.2, 0.25) is 5.91 Å². The molecular weight excluding hydrogens is 276 g/mol. The Hall–Kier alpha value is -1.55. The monoisotopic (exact) mass is 302 g/mol. The summed E-state index contributed by atoms with van der Waals surface area (Å²) in [5.41, 5.74) is 1.18. The van der Waals surface area contributed by atoms with Gasteiger partial charge in [-0.2, -0.15) is 0 Å². The minimum Gasteiger partial charge on any atom is -0.496 e. The number of para-hydroxylation sites is 1. The Morgan fingerprint density at radius 1 is 1.27 bits per heavy atom. The van der Waals surface area contributed by atoms with E-state index in [1.807, 2.05) is 12.1 Å². The Kier molecular flexibility index (Phi) is 4.98. The van der Waals surface area contributed by atoms with Gasteiger partial charge < -0.3 is 10.1 Å². The molecule has 1 amide bonds. The second-order valence-electron chi connectivity index (χ2n) is 6.37. The molecule has 1 N–H and O–H groups in total. The van der Waals surface area contributed by atoms with Crippen LogP contribution >= 0.6 is 0 Å². The molecule has 1 aliphatic heterocycles. The molecule has 0 spiro atoms. The van der Waals surface area contributed by atoms with Crippen LogP contribution in [0.25, 0.3) is 0 Å². The average Bonchev–Trinajstić information content (AvgIpc) is 3.00. The second-order valence-corrected chi connectivity index (χ2v) is 6.37. The van der Waals surface area contributed by atoms with Crippen molar-refractivity contribution in [2.75, 3.05) is 26.7 Å². The molecule has 0 bridgehead atoms. The van der Waals surface area contributed by atoms with Gasteiger partial charge in [-0.15, -0.1) is 0 Å². The Morgan fingerprint density at radius 3 is 2.64 bits per heavy atom. The Morgan fingerprint density at radius 2 is 2.00 bits per heavy atom. The van der Waals surface area contributed by atoms with Crippen LogP contribution in [0.1, 0.15) is 43.7 Å². The molecule has 1 heterocycles. The minimum atomic E-state index is 0.211. The largest absolute Gasteiger partial charge is 0.496 e. The molecule has 1 saturated carbocycles. The van der Waals surface area contributed by atoms with Gasteiger partial charge in [0.25, 0.3) is 0 Å². The fourth-order valence-electron chi connectivity index (χ4n) is 3.44. The molecule has 2 fully saturated rings. The van der Waals surface area contributed by atoms with Crippen LogP contribution in [0.5, 0.6) is 5.75 Å². The van der Waals surface area contributed by atoms with Crippen molar-refractivity contribution in [1.82, 2.24) is 10.2 Å². The fourth-order valence-corrected chi connectivity index (χ4v) is 3.44. The van der Waals surface area contributed by atoms with Gasteiger partial charge in [0.15, 0.2) is 0 Å². The molecule has 1 aromatic rings. The Balaban J connectivity index is 1.72. The summed E-state index contributed by atoms with van der Waals surface area (Å²) in [5.74, 6) is 1.39. The highest BCUT2D eigenvalue weighted by Crippen LogP contribution is 2.32. The van der Waals surface area contributed by atoms with Crippen LogP contribution < -0.4 is 10.1 Å². The number of benzene rings is 1. The molecule has 1 saturated heterocycles. The van der Waals surface area contributed by atoms with Crippen molar-refractivity contribution in [3.63, 3.8) is 0 Å². The minimum absolute atomic E-state index is 0.211. The summed E-state index contributed by atoms with van der Waals surface area (Å²) >= 11 is 0. The van der Waals surface area contributed by atoms with Crippen molar-refractivity contribution in [3.8, 4) is 5.75 Å².